The second kappa shape index (κ2) is 11.0. The SMILES string of the molecule is CC1(C)c2ccccc2-c2c1cc1c3c2-c2ccc4c(c2N(c2ccc(-c5ccccc5)cc2)B3c2cccc3c5ccccc5n-1c23)c1cccc2c3ccccc3n4c21. The molecule has 12 aromatic rings. The first kappa shape index (κ1) is 32.3. The van der Waals surface area contributed by atoms with Gasteiger partial charge in [-0.25, -0.2) is 0 Å². The van der Waals surface area contributed by atoms with E-state index in [0.717, 1.165) is 0 Å². The molecule has 0 amide bonds. The van der Waals surface area contributed by atoms with Crippen LogP contribution in [0.25, 0.3) is 99.0 Å². The fourth-order valence-electron chi connectivity index (χ4n) is 12.3. The lowest BCUT2D eigenvalue weighted by atomic mass is 9.43. The van der Waals surface area contributed by atoms with E-state index < -0.39 is 0 Å². The van der Waals surface area contributed by atoms with E-state index in [1.807, 2.05) is 0 Å². The number of hydrogen-bond donors (Lipinski definition) is 0. The summed E-state index contributed by atoms with van der Waals surface area (Å²) in [6.45, 7) is 4.77. The Morgan fingerprint density at radius 3 is 1.95 bits per heavy atom. The molecule has 0 saturated heterocycles. The molecular weight excluding hydrogens is 737 g/mol. The number of hydrogen-bond acceptors (Lipinski definition) is 1. The molecule has 0 unspecified atom stereocenters. The molecule has 3 aliphatic rings. The van der Waals surface area contributed by atoms with Gasteiger partial charge in [-0.05, 0) is 86.3 Å². The van der Waals surface area contributed by atoms with Crippen molar-refractivity contribution in [2.75, 3.05) is 4.81 Å². The van der Waals surface area contributed by atoms with Crippen molar-refractivity contribution in [2.24, 2.45) is 0 Å². The third-order valence-electron chi connectivity index (χ3n) is 14.8. The molecule has 3 aromatic heterocycles. The number of benzene rings is 9. The van der Waals surface area contributed by atoms with Gasteiger partial charge in [0.15, 0.2) is 0 Å². The highest BCUT2D eigenvalue weighted by Crippen LogP contribution is 2.58. The van der Waals surface area contributed by atoms with Crippen LogP contribution in [-0.2, 0) is 5.41 Å². The van der Waals surface area contributed by atoms with Crippen molar-refractivity contribution >= 4 is 89.0 Å². The molecule has 282 valence electrons. The van der Waals surface area contributed by atoms with Gasteiger partial charge in [-0.2, -0.15) is 0 Å². The molecule has 0 spiro atoms. The van der Waals surface area contributed by atoms with E-state index in [2.05, 4.69) is 210 Å². The van der Waals surface area contributed by atoms with Gasteiger partial charge < -0.3 is 13.8 Å². The molecule has 3 nitrogen and oxygen atoms in total. The van der Waals surface area contributed by atoms with Crippen LogP contribution in [-0.4, -0.2) is 15.8 Å². The summed E-state index contributed by atoms with van der Waals surface area (Å²) in [5, 5.41) is 7.81. The highest BCUT2D eigenvalue weighted by molar-refractivity contribution is 6.94. The summed E-state index contributed by atoms with van der Waals surface area (Å²) < 4.78 is 5.16. The Kier molecular flexibility index (Phi) is 5.82. The van der Waals surface area contributed by atoms with Crippen molar-refractivity contribution in [3.63, 3.8) is 0 Å². The van der Waals surface area contributed by atoms with Crippen LogP contribution in [0.4, 0.5) is 11.4 Å². The molecule has 0 bridgehead atoms. The van der Waals surface area contributed by atoms with Gasteiger partial charge in [-0.3, -0.25) is 0 Å². The smallest absolute Gasteiger partial charge is 0.333 e. The maximum absolute atomic E-state index is 2.73. The zero-order valence-corrected chi connectivity index (χ0v) is 33.7. The van der Waals surface area contributed by atoms with Crippen molar-refractivity contribution < 1.29 is 0 Å². The second-order valence-corrected chi connectivity index (χ2v) is 18.0. The van der Waals surface area contributed by atoms with Crippen LogP contribution in [0.3, 0.4) is 0 Å². The highest BCUT2D eigenvalue weighted by Gasteiger charge is 2.49. The minimum Gasteiger partial charge on any atom is -0.376 e. The predicted octanol–water partition coefficient (Wildman–Crippen LogP) is 13.1. The standard InChI is InChI=1S/C57H36BN3/c1-57(2)43-22-9-6-18-40(43)50-44(57)32-49-53-52(50)42-30-31-48-51(41-21-12-19-38-36-16-7-10-24-46(36)59(48)54(38)41)56(42)61(35-28-26-34(27-29-35)33-14-4-3-5-15-33)58(53)45-23-13-20-39-37-17-8-11-25-47(37)60(49)55(39)45/h3-32H,1-2H3. The molecule has 0 radical (unpaired) electrons. The maximum Gasteiger partial charge on any atom is 0.333 e. The fraction of sp³-hybridized carbons (Fsp3) is 0.0526. The lowest BCUT2D eigenvalue weighted by Crippen LogP contribution is -2.60. The van der Waals surface area contributed by atoms with E-state index in [4.69, 9.17) is 0 Å². The Morgan fingerprint density at radius 1 is 0.459 bits per heavy atom. The summed E-state index contributed by atoms with van der Waals surface area (Å²) in [5.41, 5.74) is 23.3. The first-order chi connectivity index (χ1) is 30.1. The van der Waals surface area contributed by atoms with E-state index in [9.17, 15) is 0 Å². The Hall–Kier alpha value is -7.56. The van der Waals surface area contributed by atoms with Gasteiger partial charge in [0.2, 0.25) is 0 Å². The minimum absolute atomic E-state index is 0.0934. The van der Waals surface area contributed by atoms with Crippen LogP contribution in [0, 0.1) is 0 Å². The van der Waals surface area contributed by atoms with Gasteiger partial charge >= 0.3 is 6.85 Å². The van der Waals surface area contributed by atoms with Gasteiger partial charge in [0.1, 0.15) is 0 Å². The Morgan fingerprint density at radius 2 is 1.11 bits per heavy atom. The number of para-hydroxylation sites is 4. The van der Waals surface area contributed by atoms with E-state index in [0.29, 0.717) is 0 Å². The molecule has 15 rings (SSSR count). The van der Waals surface area contributed by atoms with Gasteiger partial charge in [0, 0.05) is 60.4 Å². The summed E-state index contributed by atoms with van der Waals surface area (Å²) in [7, 11) is 0. The first-order valence-corrected chi connectivity index (χ1v) is 21.6. The average Bonchev–Trinajstić information content (AvgIpc) is 4.02. The Bertz CT molecular complexity index is 3910. The summed E-state index contributed by atoms with van der Waals surface area (Å²) in [6, 6.07) is 68.8. The van der Waals surface area contributed by atoms with Crippen LogP contribution in [0.1, 0.15) is 25.0 Å². The lowest BCUT2D eigenvalue weighted by molar-refractivity contribution is 0.660. The third-order valence-corrected chi connectivity index (χ3v) is 14.8. The van der Waals surface area contributed by atoms with Gasteiger partial charge in [0.05, 0.1) is 27.6 Å². The fourth-order valence-corrected chi connectivity index (χ4v) is 12.3. The van der Waals surface area contributed by atoms with Crippen molar-refractivity contribution in [1.29, 1.82) is 0 Å². The highest BCUT2D eigenvalue weighted by atomic mass is 15.1. The molecule has 4 heteroatoms. The number of nitrogens with zero attached hydrogens (tertiary/aromatic N) is 3. The Labute approximate surface area is 352 Å². The summed E-state index contributed by atoms with van der Waals surface area (Å²) in [4.78, 5) is 2.73. The zero-order valence-electron chi connectivity index (χ0n) is 33.7. The summed E-state index contributed by atoms with van der Waals surface area (Å²) in [6.07, 6.45) is 0. The van der Waals surface area contributed by atoms with Crippen molar-refractivity contribution in [1.82, 2.24) is 8.97 Å². The first-order valence-electron chi connectivity index (χ1n) is 21.6. The number of anilines is 2. The van der Waals surface area contributed by atoms with Crippen LogP contribution in [0.15, 0.2) is 182 Å². The molecule has 0 fully saturated rings. The average molecular weight is 774 g/mol. The third kappa shape index (κ3) is 3.76. The van der Waals surface area contributed by atoms with E-state index in [1.54, 1.807) is 0 Å². The monoisotopic (exact) mass is 773 g/mol. The Balaban J connectivity index is 1.17. The molecule has 0 saturated carbocycles. The predicted molar refractivity (Wildman–Crippen MR) is 257 cm³/mol. The van der Waals surface area contributed by atoms with Crippen molar-refractivity contribution in [3.05, 3.63) is 193 Å². The van der Waals surface area contributed by atoms with Gasteiger partial charge in [0.25, 0.3) is 0 Å². The molecule has 2 aliphatic heterocycles. The number of aromatic nitrogens is 2. The van der Waals surface area contributed by atoms with Crippen LogP contribution >= 0.6 is 0 Å². The van der Waals surface area contributed by atoms with E-state index in [-0.39, 0.29) is 12.3 Å². The number of rotatable bonds is 2. The molecule has 0 atom stereocenters. The molecule has 9 aromatic carbocycles. The van der Waals surface area contributed by atoms with Crippen LogP contribution < -0.4 is 15.7 Å². The largest absolute Gasteiger partial charge is 0.376 e. The molecular formula is C57H36BN3. The maximum atomic E-state index is 2.73. The van der Waals surface area contributed by atoms with Gasteiger partial charge in [-0.15, -0.1) is 0 Å². The minimum atomic E-state index is -0.184. The van der Waals surface area contributed by atoms with E-state index in [1.165, 1.54) is 132 Å². The molecule has 5 heterocycles. The number of fused-ring (bicyclic) bond motifs is 18. The topological polar surface area (TPSA) is 12.6 Å². The zero-order chi connectivity index (χ0) is 39.9. The van der Waals surface area contributed by atoms with Crippen LogP contribution in [0.5, 0.6) is 0 Å². The quantitative estimate of drug-likeness (QED) is 0.159. The van der Waals surface area contributed by atoms with Crippen molar-refractivity contribution in [2.45, 2.75) is 19.3 Å². The molecule has 1 aliphatic carbocycles. The summed E-state index contributed by atoms with van der Waals surface area (Å²) in [5.74, 6) is 0. The van der Waals surface area contributed by atoms with E-state index >= 15 is 0 Å². The second-order valence-electron chi connectivity index (χ2n) is 18.0. The van der Waals surface area contributed by atoms with Crippen LogP contribution in [0.2, 0.25) is 0 Å². The lowest BCUT2D eigenvalue weighted by Gasteiger charge is -2.43. The van der Waals surface area contributed by atoms with Crippen molar-refractivity contribution in [3.8, 4) is 39.1 Å². The molecule has 0 N–H and O–H groups in total. The summed E-state index contributed by atoms with van der Waals surface area (Å²) >= 11 is 0. The normalized spacial score (nSPS) is 14.5. The molecule has 61 heavy (non-hydrogen) atoms. The van der Waals surface area contributed by atoms with Gasteiger partial charge in [-0.1, -0.05) is 159 Å².